The highest BCUT2D eigenvalue weighted by atomic mass is 16.2. The number of carbonyl (C=O) groups excluding carboxylic acids is 1. The van der Waals surface area contributed by atoms with Gasteiger partial charge in [0.05, 0.1) is 11.3 Å². The molecule has 0 aliphatic carbocycles. The first kappa shape index (κ1) is 19.8. The van der Waals surface area contributed by atoms with Crippen molar-refractivity contribution in [2.45, 2.75) is 20.4 Å². The maximum atomic E-state index is 13.8. The third kappa shape index (κ3) is 4.38. The molecule has 1 amide bonds. The average Bonchev–Trinajstić information content (AvgIpc) is 2.78. The Morgan fingerprint density at radius 1 is 0.933 bits per heavy atom. The lowest BCUT2D eigenvalue weighted by atomic mass is 10.0. The predicted molar refractivity (Wildman–Crippen MR) is 121 cm³/mol. The van der Waals surface area contributed by atoms with E-state index in [1.54, 1.807) is 6.20 Å². The van der Waals surface area contributed by atoms with Crippen LogP contribution >= 0.6 is 0 Å². The van der Waals surface area contributed by atoms with E-state index in [0.29, 0.717) is 30.2 Å². The van der Waals surface area contributed by atoms with Gasteiger partial charge in [0.15, 0.2) is 5.65 Å². The SMILES string of the molecule is CC(C)CN(Cc1ccccc1)C(=O)c1cc(-c2ccccc2)nc2ncccc12. The fourth-order valence-electron chi connectivity index (χ4n) is 3.63. The second-order valence-corrected chi connectivity index (χ2v) is 7.86. The third-order valence-electron chi connectivity index (χ3n) is 4.97. The minimum Gasteiger partial charge on any atom is -0.334 e. The highest BCUT2D eigenvalue weighted by Gasteiger charge is 2.21. The second-order valence-electron chi connectivity index (χ2n) is 7.86. The molecule has 2 heterocycles. The van der Waals surface area contributed by atoms with Gasteiger partial charge in [-0.25, -0.2) is 9.97 Å². The lowest BCUT2D eigenvalue weighted by Crippen LogP contribution is -2.34. The zero-order valence-electron chi connectivity index (χ0n) is 17.3. The summed E-state index contributed by atoms with van der Waals surface area (Å²) in [5.74, 6) is 0.364. The van der Waals surface area contributed by atoms with Crippen molar-refractivity contribution < 1.29 is 4.79 Å². The topological polar surface area (TPSA) is 46.1 Å². The molecule has 4 heteroatoms. The van der Waals surface area contributed by atoms with Crippen molar-refractivity contribution in [2.75, 3.05) is 6.54 Å². The molecule has 30 heavy (non-hydrogen) atoms. The third-order valence-corrected chi connectivity index (χ3v) is 4.97. The first-order chi connectivity index (χ1) is 14.6. The van der Waals surface area contributed by atoms with Crippen molar-refractivity contribution in [3.63, 3.8) is 0 Å². The fraction of sp³-hybridized carbons (Fsp3) is 0.192. The summed E-state index contributed by atoms with van der Waals surface area (Å²) in [4.78, 5) is 24.8. The number of amides is 1. The Labute approximate surface area is 177 Å². The maximum Gasteiger partial charge on any atom is 0.254 e. The molecule has 0 saturated carbocycles. The van der Waals surface area contributed by atoms with Gasteiger partial charge in [0.2, 0.25) is 0 Å². The summed E-state index contributed by atoms with van der Waals surface area (Å²) in [6, 6.07) is 25.7. The van der Waals surface area contributed by atoms with E-state index < -0.39 is 0 Å². The van der Waals surface area contributed by atoms with Crippen LogP contribution in [0.3, 0.4) is 0 Å². The van der Waals surface area contributed by atoms with Crippen LogP contribution in [0.2, 0.25) is 0 Å². The highest BCUT2D eigenvalue weighted by Crippen LogP contribution is 2.25. The van der Waals surface area contributed by atoms with Gasteiger partial charge in [0.25, 0.3) is 5.91 Å². The van der Waals surface area contributed by atoms with E-state index in [-0.39, 0.29) is 5.91 Å². The highest BCUT2D eigenvalue weighted by molar-refractivity contribution is 6.06. The molecule has 150 valence electrons. The molecule has 0 bridgehead atoms. The van der Waals surface area contributed by atoms with Crippen molar-refractivity contribution in [2.24, 2.45) is 5.92 Å². The Balaban J connectivity index is 1.79. The van der Waals surface area contributed by atoms with Gasteiger partial charge in [-0.15, -0.1) is 0 Å². The first-order valence-corrected chi connectivity index (χ1v) is 10.3. The van der Waals surface area contributed by atoms with Crippen LogP contribution in [0.5, 0.6) is 0 Å². The second kappa shape index (κ2) is 8.87. The van der Waals surface area contributed by atoms with Gasteiger partial charge in [-0.3, -0.25) is 4.79 Å². The summed E-state index contributed by atoms with van der Waals surface area (Å²) in [5, 5.41) is 0.781. The molecular weight excluding hydrogens is 370 g/mol. The molecule has 0 saturated heterocycles. The normalized spacial score (nSPS) is 11.0. The summed E-state index contributed by atoms with van der Waals surface area (Å²) in [6.07, 6.45) is 1.72. The lowest BCUT2D eigenvalue weighted by molar-refractivity contribution is 0.0724. The number of pyridine rings is 2. The van der Waals surface area contributed by atoms with E-state index in [9.17, 15) is 4.79 Å². The molecule has 4 aromatic rings. The number of carbonyl (C=O) groups is 1. The van der Waals surface area contributed by atoms with Gasteiger partial charge in [0, 0.05) is 30.2 Å². The molecule has 0 unspecified atom stereocenters. The number of nitrogens with zero attached hydrogens (tertiary/aromatic N) is 3. The Hall–Kier alpha value is -3.53. The van der Waals surface area contributed by atoms with Crippen molar-refractivity contribution in [1.29, 1.82) is 0 Å². The van der Waals surface area contributed by atoms with Crippen LogP contribution < -0.4 is 0 Å². The largest absolute Gasteiger partial charge is 0.334 e. The molecule has 2 aromatic carbocycles. The minimum atomic E-state index is 0.00475. The summed E-state index contributed by atoms with van der Waals surface area (Å²) in [6.45, 7) is 5.51. The van der Waals surface area contributed by atoms with E-state index in [1.165, 1.54) is 0 Å². The number of rotatable bonds is 6. The predicted octanol–water partition coefficient (Wildman–Crippen LogP) is 5.60. The zero-order chi connectivity index (χ0) is 20.9. The van der Waals surface area contributed by atoms with Crippen LogP contribution in [0.1, 0.15) is 29.8 Å². The molecular formula is C26H25N3O. The Morgan fingerprint density at radius 3 is 2.33 bits per heavy atom. The molecule has 0 aliphatic heterocycles. The monoisotopic (exact) mass is 395 g/mol. The minimum absolute atomic E-state index is 0.00475. The number of aromatic nitrogens is 2. The molecule has 0 spiro atoms. The van der Waals surface area contributed by atoms with Gasteiger partial charge in [-0.2, -0.15) is 0 Å². The summed E-state index contributed by atoms with van der Waals surface area (Å²) in [7, 11) is 0. The van der Waals surface area contributed by atoms with Gasteiger partial charge in [-0.1, -0.05) is 74.5 Å². The van der Waals surface area contributed by atoms with E-state index in [4.69, 9.17) is 4.98 Å². The van der Waals surface area contributed by atoms with Crippen molar-refractivity contribution in [1.82, 2.24) is 14.9 Å². The van der Waals surface area contributed by atoms with Gasteiger partial charge >= 0.3 is 0 Å². The number of hydrogen-bond acceptors (Lipinski definition) is 3. The quantitative estimate of drug-likeness (QED) is 0.427. The number of fused-ring (bicyclic) bond motifs is 1. The zero-order valence-corrected chi connectivity index (χ0v) is 17.3. The fourth-order valence-corrected chi connectivity index (χ4v) is 3.63. The molecule has 0 N–H and O–H groups in total. The molecule has 0 aliphatic rings. The summed E-state index contributed by atoms with van der Waals surface area (Å²) in [5.41, 5.74) is 4.08. The van der Waals surface area contributed by atoms with E-state index in [0.717, 1.165) is 22.2 Å². The standard InChI is InChI=1S/C26H25N3O/c1-19(2)17-29(18-20-10-5-3-6-11-20)26(30)23-16-24(21-12-7-4-8-13-21)28-25-22(23)14-9-15-27-25/h3-16,19H,17-18H2,1-2H3. The van der Waals surface area contributed by atoms with Crippen molar-refractivity contribution in [3.05, 3.63) is 96.2 Å². The Morgan fingerprint density at radius 2 is 1.63 bits per heavy atom. The van der Waals surface area contributed by atoms with Crippen LogP contribution in [-0.4, -0.2) is 27.3 Å². The van der Waals surface area contributed by atoms with Crippen LogP contribution in [0.15, 0.2) is 85.1 Å². The smallest absolute Gasteiger partial charge is 0.254 e. The summed E-state index contributed by atoms with van der Waals surface area (Å²) < 4.78 is 0. The van der Waals surface area contributed by atoms with Gasteiger partial charge in [-0.05, 0) is 29.7 Å². The maximum absolute atomic E-state index is 13.8. The number of benzene rings is 2. The molecule has 4 rings (SSSR count). The lowest BCUT2D eigenvalue weighted by Gasteiger charge is -2.25. The van der Waals surface area contributed by atoms with Gasteiger partial charge < -0.3 is 4.90 Å². The summed E-state index contributed by atoms with van der Waals surface area (Å²) >= 11 is 0. The number of hydrogen-bond donors (Lipinski definition) is 0. The van der Waals surface area contributed by atoms with Crippen LogP contribution in [0, 0.1) is 5.92 Å². The first-order valence-electron chi connectivity index (χ1n) is 10.3. The van der Waals surface area contributed by atoms with E-state index in [1.807, 2.05) is 71.6 Å². The van der Waals surface area contributed by atoms with Gasteiger partial charge in [0.1, 0.15) is 0 Å². The van der Waals surface area contributed by atoms with E-state index >= 15 is 0 Å². The molecule has 0 atom stereocenters. The van der Waals surface area contributed by atoms with E-state index in [2.05, 4.69) is 31.0 Å². The molecule has 0 fully saturated rings. The van der Waals surface area contributed by atoms with Crippen LogP contribution in [0.25, 0.3) is 22.3 Å². The molecule has 2 aromatic heterocycles. The molecule has 0 radical (unpaired) electrons. The van der Waals surface area contributed by atoms with Crippen LogP contribution in [0.4, 0.5) is 0 Å². The average molecular weight is 396 g/mol. The van der Waals surface area contributed by atoms with Crippen molar-refractivity contribution >= 4 is 16.9 Å². The Kier molecular flexibility index (Phi) is 5.84. The van der Waals surface area contributed by atoms with Crippen LogP contribution in [-0.2, 0) is 6.54 Å². The molecule has 4 nitrogen and oxygen atoms in total. The Bertz CT molecular complexity index is 1140. The van der Waals surface area contributed by atoms with Crippen molar-refractivity contribution in [3.8, 4) is 11.3 Å².